The predicted molar refractivity (Wildman–Crippen MR) is 37.5 cm³/mol. The average Bonchev–Trinajstić information content (AvgIpc) is 1.95. The van der Waals surface area contributed by atoms with E-state index in [9.17, 15) is 9.59 Å². The number of aromatic nitrogens is 1. The second-order valence-corrected chi connectivity index (χ2v) is 2.13. The largest absolute Gasteiger partial charge is 0.357 e. The molecule has 0 aromatic carbocycles. The Morgan fingerprint density at radius 1 is 1.60 bits per heavy atom. The third kappa shape index (κ3) is 1.25. The Labute approximate surface area is 61.6 Å². The third-order valence-electron chi connectivity index (χ3n) is 1.01. The lowest BCUT2D eigenvalue weighted by Crippen LogP contribution is -2.02. The molecule has 1 heterocycles. The molecule has 0 atom stereocenters. The molecule has 0 radical (unpaired) electrons. The molecule has 1 aromatic heterocycles. The first kappa shape index (κ1) is 7.02. The van der Waals surface area contributed by atoms with Crippen molar-refractivity contribution in [3.63, 3.8) is 0 Å². The summed E-state index contributed by atoms with van der Waals surface area (Å²) in [7, 11) is 0. The molecule has 1 rings (SSSR count). The monoisotopic (exact) mass is 157 g/mol. The van der Waals surface area contributed by atoms with Crippen molar-refractivity contribution in [2.24, 2.45) is 0 Å². The quantitative estimate of drug-likeness (QED) is 0.615. The molecule has 52 valence electrons. The molecule has 0 aliphatic heterocycles. The van der Waals surface area contributed by atoms with Gasteiger partial charge in [-0.05, 0) is 0 Å². The van der Waals surface area contributed by atoms with Gasteiger partial charge in [0.25, 0.3) is 0 Å². The van der Waals surface area contributed by atoms with Gasteiger partial charge in [-0.2, -0.15) is 0 Å². The molecule has 0 bridgehead atoms. The molecule has 0 saturated heterocycles. The van der Waals surface area contributed by atoms with Crippen LogP contribution in [0.5, 0.6) is 0 Å². The zero-order valence-electron chi connectivity index (χ0n) is 4.93. The molecule has 0 saturated carbocycles. The van der Waals surface area contributed by atoms with Crippen LogP contribution in [0.2, 0.25) is 5.02 Å². The topological polar surface area (TPSA) is 49.9 Å². The van der Waals surface area contributed by atoms with Crippen molar-refractivity contribution >= 4 is 17.9 Å². The van der Waals surface area contributed by atoms with Crippen molar-refractivity contribution in [2.75, 3.05) is 0 Å². The van der Waals surface area contributed by atoms with Gasteiger partial charge in [0.15, 0.2) is 6.29 Å². The van der Waals surface area contributed by atoms with E-state index in [-0.39, 0.29) is 16.1 Å². The maximum absolute atomic E-state index is 10.7. The number of rotatable bonds is 1. The van der Waals surface area contributed by atoms with Crippen LogP contribution in [0.4, 0.5) is 0 Å². The number of hydrogen-bond donors (Lipinski definition) is 1. The van der Waals surface area contributed by atoms with Crippen LogP contribution >= 0.6 is 11.6 Å². The van der Waals surface area contributed by atoms with E-state index in [0.29, 0.717) is 6.29 Å². The van der Waals surface area contributed by atoms with E-state index in [1.807, 2.05) is 0 Å². The van der Waals surface area contributed by atoms with E-state index in [1.54, 1.807) is 0 Å². The molecule has 1 aromatic rings. The summed E-state index contributed by atoms with van der Waals surface area (Å²) in [6.07, 6.45) is 1.84. The Balaban J connectivity index is 3.30. The number of carbonyl (C=O) groups is 1. The number of halogens is 1. The van der Waals surface area contributed by atoms with Gasteiger partial charge >= 0.3 is 0 Å². The molecule has 0 fully saturated rings. The SMILES string of the molecule is O=Cc1cc(=O)c(Cl)c[nH]1. The summed E-state index contributed by atoms with van der Waals surface area (Å²) >= 11 is 5.38. The van der Waals surface area contributed by atoms with Crippen LogP contribution in [0.15, 0.2) is 17.1 Å². The second-order valence-electron chi connectivity index (χ2n) is 1.72. The highest BCUT2D eigenvalue weighted by Gasteiger charge is 1.94. The van der Waals surface area contributed by atoms with Gasteiger partial charge in [-0.3, -0.25) is 9.59 Å². The summed E-state index contributed by atoms with van der Waals surface area (Å²) in [6.45, 7) is 0. The lowest BCUT2D eigenvalue weighted by molar-refractivity contribution is 0.111. The Morgan fingerprint density at radius 3 is 2.80 bits per heavy atom. The first-order valence-corrected chi connectivity index (χ1v) is 2.95. The van der Waals surface area contributed by atoms with E-state index in [2.05, 4.69) is 4.98 Å². The summed E-state index contributed by atoms with van der Waals surface area (Å²) in [6, 6.07) is 1.15. The Bertz CT molecular complexity index is 305. The molecule has 0 aliphatic rings. The zero-order chi connectivity index (χ0) is 7.56. The molecule has 0 unspecified atom stereocenters. The summed E-state index contributed by atoms with van der Waals surface area (Å²) in [4.78, 5) is 23.3. The fraction of sp³-hybridized carbons (Fsp3) is 0. The molecule has 0 aliphatic carbocycles. The van der Waals surface area contributed by atoms with Gasteiger partial charge < -0.3 is 4.98 Å². The number of carbonyl (C=O) groups excluding carboxylic acids is 1. The standard InChI is InChI=1S/C6H4ClNO2/c7-5-2-8-4(3-9)1-6(5)10/h1-3H,(H,8,10). The minimum atomic E-state index is -0.345. The smallest absolute Gasteiger partial charge is 0.200 e. The van der Waals surface area contributed by atoms with E-state index < -0.39 is 0 Å². The minimum Gasteiger partial charge on any atom is -0.357 e. The van der Waals surface area contributed by atoms with Crippen molar-refractivity contribution in [3.05, 3.63) is 33.2 Å². The molecule has 3 nitrogen and oxygen atoms in total. The summed E-state index contributed by atoms with van der Waals surface area (Å²) in [5.74, 6) is 0. The van der Waals surface area contributed by atoms with Gasteiger partial charge in [0, 0.05) is 12.3 Å². The van der Waals surface area contributed by atoms with Crippen molar-refractivity contribution in [1.29, 1.82) is 0 Å². The van der Waals surface area contributed by atoms with Crippen LogP contribution in [0.25, 0.3) is 0 Å². The predicted octanol–water partition coefficient (Wildman–Crippen LogP) is 0.841. The number of pyridine rings is 1. The van der Waals surface area contributed by atoms with Crippen LogP contribution in [0, 0.1) is 0 Å². The van der Waals surface area contributed by atoms with E-state index in [1.165, 1.54) is 6.20 Å². The van der Waals surface area contributed by atoms with Crippen LogP contribution in [0.1, 0.15) is 10.5 Å². The lowest BCUT2D eigenvalue weighted by atomic mass is 10.4. The minimum absolute atomic E-state index is 0.0885. The van der Waals surface area contributed by atoms with Gasteiger partial charge in [-0.25, -0.2) is 0 Å². The van der Waals surface area contributed by atoms with Gasteiger partial charge in [0.2, 0.25) is 5.43 Å². The second kappa shape index (κ2) is 2.66. The normalized spacial score (nSPS) is 9.30. The highest BCUT2D eigenvalue weighted by atomic mass is 35.5. The van der Waals surface area contributed by atoms with Crippen molar-refractivity contribution in [2.45, 2.75) is 0 Å². The molecule has 0 spiro atoms. The maximum Gasteiger partial charge on any atom is 0.200 e. The molecular formula is C6H4ClNO2. The fourth-order valence-electron chi connectivity index (χ4n) is 0.538. The molecular weight excluding hydrogens is 154 g/mol. The van der Waals surface area contributed by atoms with Gasteiger partial charge in [0.05, 0.1) is 5.69 Å². The van der Waals surface area contributed by atoms with E-state index in [4.69, 9.17) is 11.6 Å². The van der Waals surface area contributed by atoms with Gasteiger partial charge in [0.1, 0.15) is 5.02 Å². The van der Waals surface area contributed by atoms with Crippen molar-refractivity contribution in [3.8, 4) is 0 Å². The highest BCUT2D eigenvalue weighted by Crippen LogP contribution is 1.96. The van der Waals surface area contributed by atoms with Crippen molar-refractivity contribution in [1.82, 2.24) is 4.98 Å². The Hall–Kier alpha value is -1.09. The summed E-state index contributed by atoms with van der Waals surface area (Å²) < 4.78 is 0. The van der Waals surface area contributed by atoms with Gasteiger partial charge in [-0.15, -0.1) is 0 Å². The zero-order valence-corrected chi connectivity index (χ0v) is 5.68. The summed E-state index contributed by atoms with van der Waals surface area (Å²) in [5, 5.41) is 0.0885. The van der Waals surface area contributed by atoms with Crippen molar-refractivity contribution < 1.29 is 4.79 Å². The van der Waals surface area contributed by atoms with Crippen LogP contribution in [0.3, 0.4) is 0 Å². The van der Waals surface area contributed by atoms with Crippen LogP contribution in [-0.4, -0.2) is 11.3 Å². The number of H-pyrrole nitrogens is 1. The van der Waals surface area contributed by atoms with E-state index in [0.717, 1.165) is 6.07 Å². The van der Waals surface area contributed by atoms with E-state index >= 15 is 0 Å². The van der Waals surface area contributed by atoms with Crippen LogP contribution < -0.4 is 5.43 Å². The fourth-order valence-corrected chi connectivity index (χ4v) is 0.647. The Kier molecular flexibility index (Phi) is 1.87. The molecule has 4 heteroatoms. The lowest BCUT2D eigenvalue weighted by Gasteiger charge is -1.88. The van der Waals surface area contributed by atoms with Crippen LogP contribution in [-0.2, 0) is 0 Å². The number of hydrogen-bond acceptors (Lipinski definition) is 2. The average molecular weight is 158 g/mol. The molecule has 1 N–H and O–H groups in total. The first-order chi connectivity index (χ1) is 4.74. The maximum atomic E-state index is 10.7. The first-order valence-electron chi connectivity index (χ1n) is 2.57. The third-order valence-corrected chi connectivity index (χ3v) is 1.31. The number of aromatic amines is 1. The Morgan fingerprint density at radius 2 is 2.30 bits per heavy atom. The highest BCUT2D eigenvalue weighted by molar-refractivity contribution is 6.30. The number of nitrogens with one attached hydrogen (secondary N) is 1. The summed E-state index contributed by atoms with van der Waals surface area (Å²) in [5.41, 5.74) is -0.114. The molecule has 0 amide bonds. The van der Waals surface area contributed by atoms with Gasteiger partial charge in [-0.1, -0.05) is 11.6 Å². The number of aldehydes is 1. The molecule has 10 heavy (non-hydrogen) atoms.